The van der Waals surface area contributed by atoms with E-state index in [1.165, 1.54) is 11.1 Å². The number of hydrogen-bond donors (Lipinski definition) is 0. The van der Waals surface area contributed by atoms with Crippen molar-refractivity contribution in [2.75, 3.05) is 0 Å². The van der Waals surface area contributed by atoms with E-state index in [0.717, 1.165) is 29.2 Å². The molecule has 2 aromatic heterocycles. The molecule has 0 aliphatic heterocycles. The van der Waals surface area contributed by atoms with E-state index in [4.69, 9.17) is 0 Å². The molecule has 0 atom stereocenters. The van der Waals surface area contributed by atoms with E-state index in [9.17, 15) is 0 Å². The van der Waals surface area contributed by atoms with Crippen LogP contribution >= 0.6 is 0 Å². The number of nitrogens with zero attached hydrogens (tertiary/aromatic N) is 4. The second-order valence-electron chi connectivity index (χ2n) is 4.55. The molecule has 0 N–H and O–H groups in total. The summed E-state index contributed by atoms with van der Waals surface area (Å²) in [5.74, 6) is 0. The van der Waals surface area contributed by atoms with Gasteiger partial charge in [0, 0.05) is 22.8 Å². The molecule has 0 aliphatic carbocycles. The van der Waals surface area contributed by atoms with Crippen molar-refractivity contribution in [1.82, 2.24) is 19.9 Å². The maximum Gasteiger partial charge on any atom is 0.115 e. The highest BCUT2D eigenvalue weighted by atomic mass is 14.8. The minimum atomic E-state index is 0.995. The summed E-state index contributed by atoms with van der Waals surface area (Å²) in [6.45, 7) is 20.2. The van der Waals surface area contributed by atoms with E-state index in [0.29, 0.717) is 0 Å². The molecule has 0 saturated heterocycles. The van der Waals surface area contributed by atoms with Gasteiger partial charge in [-0.2, -0.15) is 0 Å². The molecule has 0 radical (unpaired) electrons. The molecule has 0 saturated carbocycles. The maximum atomic E-state index is 4.15. The zero-order valence-corrected chi connectivity index (χ0v) is 16.7. The van der Waals surface area contributed by atoms with Crippen LogP contribution in [-0.4, -0.2) is 19.9 Å². The SMILES string of the molecule is CC.CC.CCc1ncnc(C)c1C.Cc1ncnc(C)c1C. The average Bonchev–Trinajstić information content (AvgIpc) is 2.59. The van der Waals surface area contributed by atoms with Crippen LogP contribution < -0.4 is 0 Å². The first-order chi connectivity index (χ1) is 11.0. The highest BCUT2D eigenvalue weighted by Crippen LogP contribution is 2.06. The van der Waals surface area contributed by atoms with Gasteiger partial charge in [-0.15, -0.1) is 0 Å². The third kappa shape index (κ3) is 8.38. The zero-order valence-electron chi connectivity index (χ0n) is 16.7. The van der Waals surface area contributed by atoms with E-state index in [1.54, 1.807) is 12.7 Å². The summed E-state index contributed by atoms with van der Waals surface area (Å²) in [6.07, 6.45) is 4.22. The quantitative estimate of drug-likeness (QED) is 0.733. The summed E-state index contributed by atoms with van der Waals surface area (Å²) in [5.41, 5.74) is 6.81. The lowest BCUT2D eigenvalue weighted by molar-refractivity contribution is 0.943. The van der Waals surface area contributed by atoms with Crippen molar-refractivity contribution in [3.8, 4) is 0 Å². The summed E-state index contributed by atoms with van der Waals surface area (Å²) < 4.78 is 0. The van der Waals surface area contributed by atoms with Crippen LogP contribution in [0.15, 0.2) is 12.7 Å². The van der Waals surface area contributed by atoms with Crippen LogP contribution in [0.5, 0.6) is 0 Å². The number of aromatic nitrogens is 4. The molecule has 0 aliphatic rings. The molecular weight excluding hydrogens is 284 g/mol. The van der Waals surface area contributed by atoms with Crippen LogP contribution in [-0.2, 0) is 6.42 Å². The molecule has 2 aromatic rings. The first kappa shape index (κ1) is 23.4. The summed E-state index contributed by atoms with van der Waals surface area (Å²) >= 11 is 0. The van der Waals surface area contributed by atoms with E-state index in [2.05, 4.69) is 33.8 Å². The fourth-order valence-corrected chi connectivity index (χ4v) is 1.60. The van der Waals surface area contributed by atoms with Crippen molar-refractivity contribution >= 4 is 0 Å². The maximum absolute atomic E-state index is 4.15. The normalized spacial score (nSPS) is 8.61. The van der Waals surface area contributed by atoms with Crippen LogP contribution in [0, 0.1) is 34.6 Å². The van der Waals surface area contributed by atoms with Gasteiger partial charge in [0.25, 0.3) is 0 Å². The highest BCUT2D eigenvalue weighted by Gasteiger charge is 1.98. The van der Waals surface area contributed by atoms with Gasteiger partial charge < -0.3 is 0 Å². The van der Waals surface area contributed by atoms with Gasteiger partial charge in [-0.05, 0) is 52.2 Å². The molecule has 0 unspecified atom stereocenters. The Labute approximate surface area is 142 Å². The Kier molecular flexibility index (Phi) is 14.1. The first-order valence-electron chi connectivity index (χ1n) is 8.49. The van der Waals surface area contributed by atoms with Crippen molar-refractivity contribution < 1.29 is 0 Å². The van der Waals surface area contributed by atoms with Crippen molar-refractivity contribution in [2.45, 2.75) is 75.7 Å². The Hall–Kier alpha value is -1.84. The molecule has 4 nitrogen and oxygen atoms in total. The number of hydrogen-bond acceptors (Lipinski definition) is 4. The second kappa shape index (κ2) is 13.8. The van der Waals surface area contributed by atoms with Gasteiger partial charge in [-0.25, -0.2) is 19.9 Å². The fourth-order valence-electron chi connectivity index (χ4n) is 1.60. The first-order valence-corrected chi connectivity index (χ1v) is 8.49. The van der Waals surface area contributed by atoms with Crippen LogP contribution in [0.4, 0.5) is 0 Å². The Morgan fingerprint density at radius 1 is 0.609 bits per heavy atom. The van der Waals surface area contributed by atoms with Gasteiger partial charge in [0.2, 0.25) is 0 Å². The molecule has 130 valence electrons. The Bertz CT molecular complexity index is 531. The molecular formula is C19H34N4. The molecule has 0 fully saturated rings. The van der Waals surface area contributed by atoms with Crippen LogP contribution in [0.25, 0.3) is 0 Å². The van der Waals surface area contributed by atoms with E-state index >= 15 is 0 Å². The standard InChI is InChI=1S/C8H12N2.C7H10N2.2C2H6/c1-4-8-6(2)7(3)9-5-10-8;1-5-6(2)8-4-9-7(5)3;2*1-2/h5H,4H2,1-3H3;4H,1-3H3;2*1-2H3. The summed E-state index contributed by atoms with van der Waals surface area (Å²) in [6, 6.07) is 0. The molecule has 0 bridgehead atoms. The Balaban J connectivity index is 0. The molecule has 23 heavy (non-hydrogen) atoms. The van der Waals surface area contributed by atoms with Gasteiger partial charge in [0.15, 0.2) is 0 Å². The van der Waals surface area contributed by atoms with E-state index in [1.807, 2.05) is 55.4 Å². The summed E-state index contributed by atoms with van der Waals surface area (Å²) in [5, 5.41) is 0. The monoisotopic (exact) mass is 318 g/mol. The summed E-state index contributed by atoms with van der Waals surface area (Å²) in [7, 11) is 0. The predicted octanol–water partition coefficient (Wildman–Crippen LogP) is 5.11. The topological polar surface area (TPSA) is 51.6 Å². The lowest BCUT2D eigenvalue weighted by Gasteiger charge is -2.01. The summed E-state index contributed by atoms with van der Waals surface area (Å²) in [4.78, 5) is 16.3. The minimum Gasteiger partial charge on any atom is -0.241 e. The molecule has 2 heterocycles. The third-order valence-electron chi connectivity index (χ3n) is 3.36. The van der Waals surface area contributed by atoms with Crippen molar-refractivity contribution in [3.05, 3.63) is 46.6 Å². The van der Waals surface area contributed by atoms with Crippen LogP contribution in [0.1, 0.15) is 68.5 Å². The van der Waals surface area contributed by atoms with Crippen molar-refractivity contribution in [3.63, 3.8) is 0 Å². The zero-order chi connectivity index (χ0) is 18.4. The molecule has 0 amide bonds. The number of aryl methyl sites for hydroxylation is 4. The minimum absolute atomic E-state index is 0.995. The van der Waals surface area contributed by atoms with Gasteiger partial charge >= 0.3 is 0 Å². The van der Waals surface area contributed by atoms with Gasteiger partial charge in [-0.1, -0.05) is 34.6 Å². The third-order valence-corrected chi connectivity index (χ3v) is 3.36. The van der Waals surface area contributed by atoms with Crippen molar-refractivity contribution in [1.29, 1.82) is 0 Å². The van der Waals surface area contributed by atoms with Gasteiger partial charge in [0.1, 0.15) is 12.7 Å². The van der Waals surface area contributed by atoms with Crippen LogP contribution in [0.3, 0.4) is 0 Å². The lowest BCUT2D eigenvalue weighted by atomic mass is 10.1. The number of rotatable bonds is 1. The second-order valence-corrected chi connectivity index (χ2v) is 4.55. The highest BCUT2D eigenvalue weighted by molar-refractivity contribution is 5.21. The van der Waals surface area contributed by atoms with Crippen molar-refractivity contribution in [2.24, 2.45) is 0 Å². The Morgan fingerprint density at radius 3 is 1.26 bits per heavy atom. The average molecular weight is 319 g/mol. The predicted molar refractivity (Wildman–Crippen MR) is 99.8 cm³/mol. The fraction of sp³-hybridized carbons (Fsp3) is 0.579. The van der Waals surface area contributed by atoms with Crippen LogP contribution in [0.2, 0.25) is 0 Å². The molecule has 4 heteroatoms. The lowest BCUT2D eigenvalue weighted by Crippen LogP contribution is -1.96. The van der Waals surface area contributed by atoms with Gasteiger partial charge in [-0.3, -0.25) is 0 Å². The Morgan fingerprint density at radius 2 is 0.957 bits per heavy atom. The van der Waals surface area contributed by atoms with Gasteiger partial charge in [0.05, 0.1) is 0 Å². The molecule has 2 rings (SSSR count). The smallest absolute Gasteiger partial charge is 0.115 e. The van der Waals surface area contributed by atoms with E-state index in [-0.39, 0.29) is 0 Å². The molecule has 0 spiro atoms. The molecule has 0 aromatic carbocycles. The largest absolute Gasteiger partial charge is 0.241 e. The van der Waals surface area contributed by atoms with E-state index < -0.39 is 0 Å².